The van der Waals surface area contributed by atoms with Gasteiger partial charge >= 0.3 is 6.18 Å². The summed E-state index contributed by atoms with van der Waals surface area (Å²) in [5, 5.41) is 8.44. The van der Waals surface area contributed by atoms with Gasteiger partial charge in [-0.2, -0.15) is 18.4 Å². The smallest absolute Gasteiger partial charge is 0.426 e. The first-order chi connectivity index (χ1) is 7.88. The van der Waals surface area contributed by atoms with E-state index in [1.54, 1.807) is 6.07 Å². The number of ether oxygens (including phenoxy) is 1. The van der Waals surface area contributed by atoms with Crippen LogP contribution in [-0.4, -0.2) is 18.8 Å². The van der Waals surface area contributed by atoms with Crippen molar-refractivity contribution in [2.24, 2.45) is 5.73 Å². The van der Waals surface area contributed by atoms with Gasteiger partial charge in [-0.1, -0.05) is 0 Å². The zero-order valence-corrected chi connectivity index (χ0v) is 8.46. The van der Waals surface area contributed by atoms with Gasteiger partial charge in [-0.15, -0.1) is 0 Å². The van der Waals surface area contributed by atoms with Crippen molar-refractivity contribution in [2.45, 2.75) is 12.3 Å². The standard InChI is InChI=1S/C10H8F4N2O/c11-8-3-7(2-1-6(8)4-15)17-9(5-16)10(12,13)14/h1-3,9H,5,16H2. The van der Waals surface area contributed by atoms with Crippen molar-refractivity contribution in [3.63, 3.8) is 0 Å². The minimum absolute atomic E-state index is 0.270. The number of hydrogen-bond acceptors (Lipinski definition) is 3. The van der Waals surface area contributed by atoms with Gasteiger partial charge in [-0.05, 0) is 12.1 Å². The average Bonchev–Trinajstić information content (AvgIpc) is 2.24. The van der Waals surface area contributed by atoms with Gasteiger partial charge in [0.25, 0.3) is 0 Å². The molecule has 0 radical (unpaired) electrons. The molecule has 3 nitrogen and oxygen atoms in total. The number of benzene rings is 1. The Morgan fingerprint density at radius 1 is 1.41 bits per heavy atom. The van der Waals surface area contributed by atoms with Crippen LogP contribution in [-0.2, 0) is 0 Å². The fourth-order valence-corrected chi connectivity index (χ4v) is 1.07. The molecule has 1 aromatic carbocycles. The highest BCUT2D eigenvalue weighted by Gasteiger charge is 2.40. The highest BCUT2D eigenvalue weighted by atomic mass is 19.4. The van der Waals surface area contributed by atoms with Crippen molar-refractivity contribution in [1.82, 2.24) is 0 Å². The lowest BCUT2D eigenvalue weighted by molar-refractivity contribution is -0.191. The molecule has 0 aromatic heterocycles. The van der Waals surface area contributed by atoms with Gasteiger partial charge in [0.15, 0.2) is 0 Å². The normalized spacial score (nSPS) is 12.9. The highest BCUT2D eigenvalue weighted by Crippen LogP contribution is 2.25. The molecule has 0 aliphatic carbocycles. The summed E-state index contributed by atoms with van der Waals surface area (Å²) < 4.78 is 54.5. The van der Waals surface area contributed by atoms with Crippen LogP contribution in [0.1, 0.15) is 5.56 Å². The molecule has 0 fully saturated rings. The molecule has 0 aliphatic heterocycles. The van der Waals surface area contributed by atoms with Crippen LogP contribution in [0.15, 0.2) is 18.2 Å². The second kappa shape index (κ2) is 5.01. The zero-order chi connectivity index (χ0) is 13.1. The van der Waals surface area contributed by atoms with E-state index in [0.29, 0.717) is 6.07 Å². The number of rotatable bonds is 3. The van der Waals surface area contributed by atoms with Crippen LogP contribution in [0, 0.1) is 17.1 Å². The van der Waals surface area contributed by atoms with Crippen molar-refractivity contribution < 1.29 is 22.3 Å². The molecule has 1 aromatic rings. The fourth-order valence-electron chi connectivity index (χ4n) is 1.07. The van der Waals surface area contributed by atoms with Gasteiger partial charge in [0.2, 0.25) is 6.10 Å². The summed E-state index contributed by atoms with van der Waals surface area (Å²) in [6.07, 6.45) is -6.83. The molecule has 2 N–H and O–H groups in total. The molecule has 0 saturated carbocycles. The molecule has 1 atom stereocenters. The van der Waals surface area contributed by atoms with Gasteiger partial charge in [-0.25, -0.2) is 4.39 Å². The van der Waals surface area contributed by atoms with Crippen LogP contribution in [0.25, 0.3) is 0 Å². The Bertz CT molecular complexity index is 439. The first-order valence-corrected chi connectivity index (χ1v) is 4.51. The molecule has 7 heteroatoms. The second-order valence-corrected chi connectivity index (χ2v) is 3.14. The third-order valence-corrected chi connectivity index (χ3v) is 1.92. The van der Waals surface area contributed by atoms with Crippen LogP contribution in [0.2, 0.25) is 0 Å². The SMILES string of the molecule is N#Cc1ccc(OC(CN)C(F)(F)F)cc1F. The van der Waals surface area contributed by atoms with E-state index in [1.807, 2.05) is 0 Å². The summed E-state index contributed by atoms with van der Waals surface area (Å²) in [5.74, 6) is -1.27. The molecular weight excluding hydrogens is 240 g/mol. The predicted molar refractivity (Wildman–Crippen MR) is 50.6 cm³/mol. The lowest BCUT2D eigenvalue weighted by atomic mass is 10.2. The van der Waals surface area contributed by atoms with Crippen molar-refractivity contribution in [3.8, 4) is 11.8 Å². The summed E-state index contributed by atoms with van der Waals surface area (Å²) >= 11 is 0. The molecule has 1 unspecified atom stereocenters. The Hall–Kier alpha value is -1.81. The lowest BCUT2D eigenvalue weighted by Gasteiger charge is -2.20. The van der Waals surface area contributed by atoms with Gasteiger partial charge in [0.1, 0.15) is 17.6 Å². The quantitative estimate of drug-likeness (QED) is 0.832. The van der Waals surface area contributed by atoms with Crippen LogP contribution in [0.3, 0.4) is 0 Å². The second-order valence-electron chi connectivity index (χ2n) is 3.14. The van der Waals surface area contributed by atoms with E-state index in [9.17, 15) is 17.6 Å². The lowest BCUT2D eigenvalue weighted by Crippen LogP contribution is -2.40. The Morgan fingerprint density at radius 3 is 2.47 bits per heavy atom. The summed E-state index contributed by atoms with van der Waals surface area (Å²) in [7, 11) is 0. The number of alkyl halides is 3. The summed E-state index contributed by atoms with van der Waals surface area (Å²) in [6.45, 7) is -0.773. The van der Waals surface area contributed by atoms with E-state index < -0.39 is 24.6 Å². The fraction of sp³-hybridized carbons (Fsp3) is 0.300. The van der Waals surface area contributed by atoms with Crippen LogP contribution in [0.5, 0.6) is 5.75 Å². The van der Waals surface area contributed by atoms with Crippen molar-refractivity contribution >= 4 is 0 Å². The minimum atomic E-state index is -4.63. The van der Waals surface area contributed by atoms with E-state index in [0.717, 1.165) is 12.1 Å². The minimum Gasteiger partial charge on any atom is -0.479 e. The highest BCUT2D eigenvalue weighted by molar-refractivity contribution is 5.36. The molecule has 1 rings (SSSR count). The van der Waals surface area contributed by atoms with Gasteiger partial charge in [-0.3, -0.25) is 0 Å². The molecule has 0 heterocycles. The monoisotopic (exact) mass is 248 g/mol. The van der Waals surface area contributed by atoms with Crippen molar-refractivity contribution in [3.05, 3.63) is 29.6 Å². The van der Waals surface area contributed by atoms with Gasteiger partial charge < -0.3 is 10.5 Å². The Labute approximate surface area is 94.4 Å². The molecule has 0 amide bonds. The number of nitriles is 1. The molecule has 17 heavy (non-hydrogen) atoms. The van der Waals surface area contributed by atoms with Crippen molar-refractivity contribution in [1.29, 1.82) is 5.26 Å². The average molecular weight is 248 g/mol. The summed E-state index contributed by atoms with van der Waals surface area (Å²) in [5.41, 5.74) is 4.64. The first-order valence-electron chi connectivity index (χ1n) is 4.51. The number of hydrogen-bond donors (Lipinski definition) is 1. The predicted octanol–water partition coefficient (Wildman–Crippen LogP) is 1.97. The summed E-state index contributed by atoms with van der Waals surface area (Å²) in [4.78, 5) is 0. The number of halogens is 4. The molecule has 92 valence electrons. The van der Waals surface area contributed by atoms with Crippen LogP contribution >= 0.6 is 0 Å². The Morgan fingerprint density at radius 2 is 2.06 bits per heavy atom. The zero-order valence-electron chi connectivity index (χ0n) is 8.46. The van der Waals surface area contributed by atoms with Crippen LogP contribution in [0.4, 0.5) is 17.6 Å². The van der Waals surface area contributed by atoms with Crippen LogP contribution < -0.4 is 10.5 Å². The van der Waals surface area contributed by atoms with E-state index >= 15 is 0 Å². The van der Waals surface area contributed by atoms with Gasteiger partial charge in [0.05, 0.1) is 5.56 Å². The number of nitrogens with zero attached hydrogens (tertiary/aromatic N) is 1. The number of nitrogens with two attached hydrogens (primary N) is 1. The maximum atomic E-state index is 13.1. The maximum Gasteiger partial charge on any atom is 0.426 e. The van der Waals surface area contributed by atoms with E-state index in [1.165, 1.54) is 0 Å². The molecule has 0 saturated heterocycles. The topological polar surface area (TPSA) is 59.0 Å². The Balaban J connectivity index is 2.89. The molecular formula is C10H8F4N2O. The Kier molecular flexibility index (Phi) is 3.91. The largest absolute Gasteiger partial charge is 0.479 e. The van der Waals surface area contributed by atoms with E-state index in [2.05, 4.69) is 4.74 Å². The maximum absolute atomic E-state index is 13.1. The molecule has 0 bridgehead atoms. The van der Waals surface area contributed by atoms with Gasteiger partial charge in [0, 0.05) is 12.6 Å². The third kappa shape index (κ3) is 3.32. The third-order valence-electron chi connectivity index (χ3n) is 1.92. The summed E-state index contributed by atoms with van der Waals surface area (Å²) in [6, 6.07) is 4.37. The van der Waals surface area contributed by atoms with Crippen molar-refractivity contribution in [2.75, 3.05) is 6.54 Å². The first kappa shape index (κ1) is 13.3. The molecule has 0 spiro atoms. The van der Waals surface area contributed by atoms with E-state index in [-0.39, 0.29) is 11.3 Å². The van der Waals surface area contributed by atoms with E-state index in [4.69, 9.17) is 11.0 Å². The molecule has 0 aliphatic rings.